The molecule has 0 fully saturated rings. The average molecular weight is 766 g/mol. The van der Waals surface area contributed by atoms with Crippen LogP contribution in [0.1, 0.15) is 11.1 Å². The van der Waals surface area contributed by atoms with Gasteiger partial charge in [0.25, 0.3) is 0 Å². The minimum absolute atomic E-state index is 0.513. The highest BCUT2D eigenvalue weighted by atomic mass is 15.1. The lowest BCUT2D eigenvalue weighted by Gasteiger charge is -2.16. The van der Waals surface area contributed by atoms with Gasteiger partial charge in [-0.25, -0.2) is 15.0 Å². The number of hydrogen-bond donors (Lipinski definition) is 0. The number of benzene rings is 8. The van der Waals surface area contributed by atoms with Crippen LogP contribution >= 0.6 is 0 Å². The van der Waals surface area contributed by atoms with Gasteiger partial charge in [0.15, 0.2) is 17.5 Å². The summed E-state index contributed by atoms with van der Waals surface area (Å²) < 4.78 is 4.51. The van der Waals surface area contributed by atoms with Gasteiger partial charge in [0.2, 0.25) is 0 Å². The van der Waals surface area contributed by atoms with Crippen LogP contribution in [0.3, 0.4) is 0 Å². The van der Waals surface area contributed by atoms with Crippen LogP contribution in [-0.2, 0) is 0 Å². The zero-order valence-corrected chi connectivity index (χ0v) is 32.0. The van der Waals surface area contributed by atoms with Gasteiger partial charge in [0.1, 0.15) is 0 Å². The predicted octanol–water partition coefficient (Wildman–Crippen LogP) is 12.5. The maximum atomic E-state index is 9.92. The van der Waals surface area contributed by atoms with E-state index in [0.29, 0.717) is 28.6 Å². The van der Waals surface area contributed by atoms with Crippen LogP contribution in [0.4, 0.5) is 0 Å². The van der Waals surface area contributed by atoms with Gasteiger partial charge in [-0.2, -0.15) is 10.5 Å². The summed E-state index contributed by atoms with van der Waals surface area (Å²) in [5.74, 6) is 1.63. The van der Waals surface area contributed by atoms with Crippen molar-refractivity contribution in [2.45, 2.75) is 0 Å². The molecule has 0 saturated carbocycles. The molecule has 0 N–H and O–H groups in total. The fourth-order valence-corrected chi connectivity index (χ4v) is 8.45. The van der Waals surface area contributed by atoms with E-state index in [1.165, 1.54) is 5.39 Å². The molecule has 0 radical (unpaired) electrons. The third-order valence-electron chi connectivity index (χ3n) is 11.2. The average Bonchev–Trinajstić information content (AvgIpc) is 3.83. The van der Waals surface area contributed by atoms with Crippen molar-refractivity contribution in [3.63, 3.8) is 0 Å². The molecular weight excluding hydrogens is 735 g/mol. The van der Waals surface area contributed by atoms with Crippen molar-refractivity contribution in [1.82, 2.24) is 24.1 Å². The van der Waals surface area contributed by atoms with Crippen LogP contribution in [0.15, 0.2) is 188 Å². The molecule has 60 heavy (non-hydrogen) atoms. The first kappa shape index (κ1) is 34.6. The molecule has 0 spiro atoms. The van der Waals surface area contributed by atoms with Gasteiger partial charge < -0.3 is 9.13 Å². The molecular formula is C53H31N7. The molecule has 11 aromatic rings. The summed E-state index contributed by atoms with van der Waals surface area (Å²) in [4.78, 5) is 15.5. The molecule has 278 valence electrons. The molecule has 7 nitrogen and oxygen atoms in total. The molecule has 8 aromatic carbocycles. The molecule has 0 aliphatic heterocycles. The van der Waals surface area contributed by atoms with Crippen molar-refractivity contribution >= 4 is 43.6 Å². The number of hydrogen-bond acceptors (Lipinski definition) is 5. The monoisotopic (exact) mass is 765 g/mol. The third-order valence-corrected chi connectivity index (χ3v) is 11.2. The third kappa shape index (κ3) is 5.69. The minimum Gasteiger partial charge on any atom is -0.309 e. The Morgan fingerprint density at radius 2 is 0.817 bits per heavy atom. The second-order valence-electron chi connectivity index (χ2n) is 14.7. The summed E-state index contributed by atoms with van der Waals surface area (Å²) in [6.45, 7) is 0. The lowest BCUT2D eigenvalue weighted by atomic mass is 9.99. The van der Waals surface area contributed by atoms with E-state index in [0.717, 1.165) is 77.4 Å². The molecule has 0 amide bonds. The summed E-state index contributed by atoms with van der Waals surface area (Å²) >= 11 is 0. The predicted molar refractivity (Wildman–Crippen MR) is 240 cm³/mol. The Hall–Kier alpha value is -8.65. The Bertz CT molecular complexity index is 3430. The van der Waals surface area contributed by atoms with Gasteiger partial charge >= 0.3 is 0 Å². The van der Waals surface area contributed by atoms with Gasteiger partial charge in [-0.15, -0.1) is 0 Å². The van der Waals surface area contributed by atoms with E-state index in [4.69, 9.17) is 15.0 Å². The highest BCUT2D eigenvalue weighted by Gasteiger charge is 2.22. The Labute approximate surface area is 345 Å². The summed E-state index contributed by atoms with van der Waals surface area (Å²) in [5, 5.41) is 23.9. The summed E-state index contributed by atoms with van der Waals surface area (Å²) in [7, 11) is 0. The fraction of sp³-hybridized carbons (Fsp3) is 0. The van der Waals surface area contributed by atoms with Crippen LogP contribution in [0.2, 0.25) is 0 Å². The van der Waals surface area contributed by atoms with Crippen LogP contribution in [0, 0.1) is 22.7 Å². The number of para-hydroxylation sites is 2. The number of nitrogens with zero attached hydrogens (tertiary/aromatic N) is 7. The van der Waals surface area contributed by atoms with Gasteiger partial charge in [-0.05, 0) is 90.0 Å². The maximum Gasteiger partial charge on any atom is 0.166 e. The van der Waals surface area contributed by atoms with Crippen LogP contribution in [-0.4, -0.2) is 24.1 Å². The molecule has 11 rings (SSSR count). The quantitative estimate of drug-likeness (QED) is 0.168. The highest BCUT2D eigenvalue weighted by Crippen LogP contribution is 2.40. The summed E-state index contributed by atoms with van der Waals surface area (Å²) in [6, 6.07) is 68.1. The SMILES string of the molecule is N#Cc1ccc2c(c1)c1cc(C#N)ccc1n2-c1ccc(-c2ccc3c(c2)c2ccccc2n3-c2ccccc2)cc1-c1nc(-c2ccccc2)nc(-c2ccccc2)n1. The van der Waals surface area contributed by atoms with Crippen molar-refractivity contribution in [3.05, 3.63) is 199 Å². The number of fused-ring (bicyclic) bond motifs is 6. The molecule has 0 unspecified atom stereocenters. The van der Waals surface area contributed by atoms with Crippen LogP contribution in [0.5, 0.6) is 0 Å². The molecule has 0 bridgehead atoms. The summed E-state index contributed by atoms with van der Waals surface area (Å²) in [5.41, 5.74) is 11.7. The molecule has 0 saturated heterocycles. The Kier molecular flexibility index (Phi) is 8.11. The normalized spacial score (nSPS) is 11.3. The van der Waals surface area contributed by atoms with E-state index < -0.39 is 0 Å². The van der Waals surface area contributed by atoms with Crippen molar-refractivity contribution in [3.8, 4) is 68.8 Å². The van der Waals surface area contributed by atoms with E-state index in [1.54, 1.807) is 0 Å². The van der Waals surface area contributed by atoms with Crippen molar-refractivity contribution in [2.24, 2.45) is 0 Å². The van der Waals surface area contributed by atoms with Crippen LogP contribution < -0.4 is 0 Å². The largest absolute Gasteiger partial charge is 0.309 e. The Balaban J connectivity index is 1.20. The molecule has 0 atom stereocenters. The van der Waals surface area contributed by atoms with E-state index >= 15 is 0 Å². The lowest BCUT2D eigenvalue weighted by molar-refractivity contribution is 1.06. The highest BCUT2D eigenvalue weighted by molar-refractivity contribution is 6.12. The first-order valence-corrected chi connectivity index (χ1v) is 19.6. The van der Waals surface area contributed by atoms with Gasteiger partial charge in [0, 0.05) is 43.9 Å². The van der Waals surface area contributed by atoms with Crippen LogP contribution in [0.25, 0.3) is 100 Å². The topological polar surface area (TPSA) is 96.1 Å². The lowest BCUT2D eigenvalue weighted by Crippen LogP contribution is -2.04. The zero-order chi connectivity index (χ0) is 40.2. The van der Waals surface area contributed by atoms with E-state index in [-0.39, 0.29) is 0 Å². The summed E-state index contributed by atoms with van der Waals surface area (Å²) in [6.07, 6.45) is 0. The number of rotatable bonds is 6. The second kappa shape index (κ2) is 14.1. The Morgan fingerprint density at radius 3 is 1.43 bits per heavy atom. The maximum absolute atomic E-state index is 9.92. The minimum atomic E-state index is 0.513. The fourth-order valence-electron chi connectivity index (χ4n) is 8.45. The van der Waals surface area contributed by atoms with E-state index in [2.05, 4.69) is 106 Å². The van der Waals surface area contributed by atoms with Crippen molar-refractivity contribution in [1.29, 1.82) is 10.5 Å². The molecule has 0 aliphatic rings. The van der Waals surface area contributed by atoms with E-state index in [1.807, 2.05) is 103 Å². The van der Waals surface area contributed by atoms with Crippen molar-refractivity contribution < 1.29 is 0 Å². The first-order valence-electron chi connectivity index (χ1n) is 19.6. The standard InChI is InChI=1S/C53H31N7/c54-32-34-20-24-48-42(28-34)43-29-35(33-55)21-25-49(43)60(48)50-27-23-39(38-22-26-47-44(30-38)41-18-10-11-19-46(41)59(47)40-16-8-3-9-17-40)31-45(50)53-57-51(36-12-4-1-5-13-36)56-52(58-53)37-14-6-2-7-15-37/h1-31H. The molecule has 3 heterocycles. The first-order chi connectivity index (χ1) is 29.6. The molecule has 7 heteroatoms. The number of aromatic nitrogens is 5. The zero-order valence-electron chi connectivity index (χ0n) is 32.0. The van der Waals surface area contributed by atoms with Crippen molar-refractivity contribution in [2.75, 3.05) is 0 Å². The molecule has 3 aromatic heterocycles. The Morgan fingerprint density at radius 1 is 0.350 bits per heavy atom. The van der Waals surface area contributed by atoms with Gasteiger partial charge in [-0.3, -0.25) is 0 Å². The molecule has 0 aliphatic carbocycles. The smallest absolute Gasteiger partial charge is 0.166 e. The van der Waals surface area contributed by atoms with Gasteiger partial charge in [0.05, 0.1) is 51.0 Å². The second-order valence-corrected chi connectivity index (χ2v) is 14.7. The van der Waals surface area contributed by atoms with E-state index in [9.17, 15) is 10.5 Å². The van der Waals surface area contributed by atoms with Gasteiger partial charge in [-0.1, -0.05) is 109 Å². The number of nitriles is 2.